The largest absolute Gasteiger partial charge is 0.494 e. The highest BCUT2D eigenvalue weighted by atomic mass is 16.5. The average Bonchev–Trinajstić information content (AvgIpc) is 3.33. The third-order valence-electron chi connectivity index (χ3n) is 10.3. The SMILES string of the molecule is CCCCc1ccc(N=Nc2ccc(OCCCCC(=O)Oc3ccc(-c4ccc(OC(=O)CCCCOc5ccc(N=Nc6ccc(CCCC)cc6)cc5)cc4)cc3)cc2)cc1. The highest BCUT2D eigenvalue weighted by Gasteiger charge is 2.09. The van der Waals surface area contributed by atoms with E-state index in [0.717, 1.165) is 58.2 Å². The van der Waals surface area contributed by atoms with Crippen LogP contribution in [0.5, 0.6) is 23.0 Å². The zero-order chi connectivity index (χ0) is 44.6. The van der Waals surface area contributed by atoms with Crippen LogP contribution in [-0.4, -0.2) is 25.2 Å². The molecule has 0 spiro atoms. The van der Waals surface area contributed by atoms with Gasteiger partial charge in [0.2, 0.25) is 0 Å². The zero-order valence-electron chi connectivity index (χ0n) is 37.0. The van der Waals surface area contributed by atoms with Crippen LogP contribution in [0.25, 0.3) is 11.1 Å². The molecule has 0 atom stereocenters. The molecule has 6 aromatic carbocycles. The average molecular weight is 859 g/mol. The lowest BCUT2D eigenvalue weighted by molar-refractivity contribution is -0.135. The van der Waals surface area contributed by atoms with E-state index in [9.17, 15) is 9.59 Å². The van der Waals surface area contributed by atoms with Gasteiger partial charge in [-0.25, -0.2) is 0 Å². The van der Waals surface area contributed by atoms with Crippen molar-refractivity contribution in [3.05, 3.63) is 157 Å². The van der Waals surface area contributed by atoms with Crippen molar-refractivity contribution in [3.8, 4) is 34.1 Å². The Hall–Kier alpha value is -6.94. The van der Waals surface area contributed by atoms with Crippen molar-refractivity contribution in [2.24, 2.45) is 20.5 Å². The second-order valence-corrected chi connectivity index (χ2v) is 15.5. The minimum atomic E-state index is -0.291. The topological polar surface area (TPSA) is 121 Å². The number of carbonyl (C=O) groups excluding carboxylic acids is 2. The first kappa shape index (κ1) is 46.6. The maximum absolute atomic E-state index is 12.5. The van der Waals surface area contributed by atoms with Crippen molar-refractivity contribution >= 4 is 34.7 Å². The maximum atomic E-state index is 12.5. The summed E-state index contributed by atoms with van der Waals surface area (Å²) >= 11 is 0. The molecule has 0 heterocycles. The lowest BCUT2D eigenvalue weighted by Crippen LogP contribution is -2.08. The van der Waals surface area contributed by atoms with E-state index in [1.807, 2.05) is 97.1 Å². The second-order valence-electron chi connectivity index (χ2n) is 15.5. The Morgan fingerprint density at radius 3 is 1.02 bits per heavy atom. The van der Waals surface area contributed by atoms with E-state index in [1.165, 1.54) is 36.8 Å². The van der Waals surface area contributed by atoms with Gasteiger partial charge < -0.3 is 18.9 Å². The summed E-state index contributed by atoms with van der Waals surface area (Å²) in [5, 5.41) is 17.3. The lowest BCUT2D eigenvalue weighted by atomic mass is 10.1. The summed E-state index contributed by atoms with van der Waals surface area (Å²) in [5.41, 5.74) is 7.67. The first-order chi connectivity index (χ1) is 31.4. The number of hydrogen-bond donors (Lipinski definition) is 0. The third-order valence-corrected chi connectivity index (χ3v) is 10.3. The quantitative estimate of drug-likeness (QED) is 0.0245. The van der Waals surface area contributed by atoms with Gasteiger partial charge in [-0.3, -0.25) is 9.59 Å². The Balaban J connectivity index is 0.808. The summed E-state index contributed by atoms with van der Waals surface area (Å²) in [6.45, 7) is 5.37. The van der Waals surface area contributed by atoms with Crippen LogP contribution in [0.15, 0.2) is 166 Å². The predicted octanol–water partition coefficient (Wildman–Crippen LogP) is 15.2. The third kappa shape index (κ3) is 16.4. The molecule has 6 rings (SSSR count). The van der Waals surface area contributed by atoms with Crippen LogP contribution >= 0.6 is 0 Å². The van der Waals surface area contributed by atoms with Crippen LogP contribution in [-0.2, 0) is 22.4 Å². The van der Waals surface area contributed by atoms with Crippen LogP contribution in [0, 0.1) is 0 Å². The number of aryl methyl sites for hydroxylation is 2. The Bertz CT molecular complexity index is 2190. The van der Waals surface area contributed by atoms with Crippen molar-refractivity contribution in [2.45, 2.75) is 90.9 Å². The number of ether oxygens (including phenoxy) is 4. The number of carbonyl (C=O) groups is 2. The van der Waals surface area contributed by atoms with Gasteiger partial charge >= 0.3 is 11.9 Å². The Kier molecular flexibility index (Phi) is 18.8. The molecule has 0 amide bonds. The minimum Gasteiger partial charge on any atom is -0.494 e. The highest BCUT2D eigenvalue weighted by molar-refractivity contribution is 5.74. The van der Waals surface area contributed by atoms with Gasteiger partial charge in [0.15, 0.2) is 0 Å². The van der Waals surface area contributed by atoms with E-state index >= 15 is 0 Å². The standard InChI is InChI=1S/C54H58N4O6/c1-3-5-11-41-15-23-45(24-16-41)55-57-47-27-35-49(36-28-47)61-39-9-7-13-53(59)63-51-31-19-43(20-32-51)44-21-33-52(34-22-44)64-54(60)14-8-10-40-62-50-37-29-48(30-38-50)58-56-46-25-17-42(18-26-46)12-6-4-2/h15-38H,3-14,39-40H2,1-2H3. The zero-order valence-corrected chi connectivity index (χ0v) is 37.0. The molecule has 0 radical (unpaired) electrons. The van der Waals surface area contributed by atoms with Crippen LogP contribution in [0.3, 0.4) is 0 Å². The number of hydrogen-bond acceptors (Lipinski definition) is 10. The molecule has 0 fully saturated rings. The first-order valence-electron chi connectivity index (χ1n) is 22.5. The summed E-state index contributed by atoms with van der Waals surface area (Å²) in [6.07, 6.45) is 10.2. The molecule has 0 aromatic heterocycles. The van der Waals surface area contributed by atoms with Crippen molar-refractivity contribution in [3.63, 3.8) is 0 Å². The van der Waals surface area contributed by atoms with Gasteiger partial charge in [-0.1, -0.05) is 75.2 Å². The van der Waals surface area contributed by atoms with E-state index in [0.29, 0.717) is 50.4 Å². The molecule has 0 saturated heterocycles. The molecule has 6 aromatic rings. The van der Waals surface area contributed by atoms with E-state index < -0.39 is 0 Å². The molecule has 0 aliphatic rings. The van der Waals surface area contributed by atoms with E-state index in [2.05, 4.69) is 58.6 Å². The summed E-state index contributed by atoms with van der Waals surface area (Å²) in [6, 6.07) is 46.1. The van der Waals surface area contributed by atoms with Crippen LogP contribution in [0.4, 0.5) is 22.7 Å². The van der Waals surface area contributed by atoms with E-state index in [-0.39, 0.29) is 24.8 Å². The fraction of sp³-hybridized carbons (Fsp3) is 0.296. The molecule has 0 saturated carbocycles. The number of azo groups is 2. The monoisotopic (exact) mass is 858 g/mol. The number of unbranched alkanes of at least 4 members (excludes halogenated alkanes) is 4. The number of nitrogens with zero attached hydrogens (tertiary/aromatic N) is 4. The van der Waals surface area contributed by atoms with E-state index in [1.54, 1.807) is 24.3 Å². The molecule has 64 heavy (non-hydrogen) atoms. The van der Waals surface area contributed by atoms with Gasteiger partial charge in [-0.15, -0.1) is 0 Å². The Morgan fingerprint density at radius 2 is 0.688 bits per heavy atom. The van der Waals surface area contributed by atoms with Crippen LogP contribution < -0.4 is 18.9 Å². The predicted molar refractivity (Wildman–Crippen MR) is 253 cm³/mol. The first-order valence-corrected chi connectivity index (χ1v) is 22.5. The van der Waals surface area contributed by atoms with Gasteiger partial charge in [0.1, 0.15) is 23.0 Å². The van der Waals surface area contributed by atoms with Gasteiger partial charge in [0, 0.05) is 12.8 Å². The number of esters is 2. The molecular weight excluding hydrogens is 801 g/mol. The molecule has 0 unspecified atom stereocenters. The fourth-order valence-corrected chi connectivity index (χ4v) is 6.59. The van der Waals surface area contributed by atoms with E-state index in [4.69, 9.17) is 18.9 Å². The summed E-state index contributed by atoms with van der Waals surface area (Å²) in [7, 11) is 0. The number of rotatable bonds is 25. The van der Waals surface area contributed by atoms with Gasteiger partial charge in [0.25, 0.3) is 0 Å². The summed E-state index contributed by atoms with van der Waals surface area (Å²) in [4.78, 5) is 25.0. The molecule has 0 N–H and O–H groups in total. The summed E-state index contributed by atoms with van der Waals surface area (Å²) in [5.74, 6) is 1.87. The minimum absolute atomic E-state index is 0.289. The molecule has 330 valence electrons. The van der Waals surface area contributed by atoms with Crippen molar-refractivity contribution in [1.82, 2.24) is 0 Å². The molecule has 10 nitrogen and oxygen atoms in total. The Morgan fingerprint density at radius 1 is 0.375 bits per heavy atom. The molecule has 10 heteroatoms. The summed E-state index contributed by atoms with van der Waals surface area (Å²) < 4.78 is 22.8. The van der Waals surface area contributed by atoms with Crippen molar-refractivity contribution in [2.75, 3.05) is 13.2 Å². The highest BCUT2D eigenvalue weighted by Crippen LogP contribution is 2.27. The second kappa shape index (κ2) is 25.9. The van der Waals surface area contributed by atoms with Crippen molar-refractivity contribution < 1.29 is 28.5 Å². The van der Waals surface area contributed by atoms with Crippen LogP contribution in [0.1, 0.15) is 89.2 Å². The van der Waals surface area contributed by atoms with Crippen molar-refractivity contribution in [1.29, 1.82) is 0 Å². The van der Waals surface area contributed by atoms with Crippen LogP contribution in [0.2, 0.25) is 0 Å². The fourth-order valence-electron chi connectivity index (χ4n) is 6.59. The maximum Gasteiger partial charge on any atom is 0.311 e. The number of benzene rings is 6. The van der Waals surface area contributed by atoms with Gasteiger partial charge in [-0.2, -0.15) is 20.5 Å². The molecule has 0 aliphatic heterocycles. The lowest BCUT2D eigenvalue weighted by Gasteiger charge is -2.09. The van der Waals surface area contributed by atoms with Gasteiger partial charge in [0.05, 0.1) is 36.0 Å². The molecule has 0 bridgehead atoms. The Labute approximate surface area is 377 Å². The molecular formula is C54H58N4O6. The normalized spacial score (nSPS) is 11.2. The van der Waals surface area contributed by atoms with Gasteiger partial charge in [-0.05, 0) is 171 Å². The molecule has 0 aliphatic carbocycles. The smallest absolute Gasteiger partial charge is 0.311 e.